The van der Waals surface area contributed by atoms with Crippen molar-refractivity contribution in [3.05, 3.63) is 57.7 Å². The van der Waals surface area contributed by atoms with E-state index < -0.39 is 0 Å². The molecule has 0 radical (unpaired) electrons. The van der Waals surface area contributed by atoms with Crippen molar-refractivity contribution in [1.82, 2.24) is 4.90 Å². The third kappa shape index (κ3) is 5.19. The quantitative estimate of drug-likeness (QED) is 0.697. The van der Waals surface area contributed by atoms with Crippen LogP contribution in [0.25, 0.3) is 0 Å². The fraction of sp³-hybridized carbons (Fsp3) is 0.350. The maximum atomic E-state index is 12.5. The number of amides is 1. The lowest BCUT2D eigenvalue weighted by atomic mass is 9.95. The van der Waals surface area contributed by atoms with Crippen LogP contribution in [-0.2, 0) is 11.3 Å². The first kappa shape index (κ1) is 18.2. The van der Waals surface area contributed by atoms with E-state index in [1.807, 2.05) is 36.4 Å². The Labute approximate surface area is 162 Å². The lowest BCUT2D eigenvalue weighted by Crippen LogP contribution is -2.37. The zero-order valence-corrected chi connectivity index (χ0v) is 16.5. The van der Waals surface area contributed by atoms with Crippen molar-refractivity contribution < 1.29 is 9.53 Å². The number of anilines is 1. The molecule has 132 valence electrons. The zero-order chi connectivity index (χ0) is 17.6. The molecule has 0 aromatic heterocycles. The minimum atomic E-state index is 0.0980. The van der Waals surface area contributed by atoms with Crippen molar-refractivity contribution >= 4 is 34.2 Å². The second-order valence-corrected chi connectivity index (χ2v) is 7.64. The van der Waals surface area contributed by atoms with Crippen molar-refractivity contribution in [3.63, 3.8) is 0 Å². The van der Waals surface area contributed by atoms with Gasteiger partial charge in [0.1, 0.15) is 5.75 Å². The molecule has 4 nitrogen and oxygen atoms in total. The van der Waals surface area contributed by atoms with E-state index in [2.05, 4.69) is 44.9 Å². The molecule has 1 aliphatic rings. The van der Waals surface area contributed by atoms with E-state index in [1.165, 1.54) is 9.13 Å². The second kappa shape index (κ2) is 8.67. The Morgan fingerprint density at radius 3 is 2.60 bits per heavy atom. The van der Waals surface area contributed by atoms with Gasteiger partial charge in [-0.05, 0) is 90.5 Å². The molecule has 1 heterocycles. The highest BCUT2D eigenvalue weighted by Crippen LogP contribution is 2.22. The summed E-state index contributed by atoms with van der Waals surface area (Å²) < 4.78 is 6.45. The average molecular weight is 450 g/mol. The predicted octanol–water partition coefficient (Wildman–Crippen LogP) is 4.15. The number of halogens is 1. The molecule has 0 spiro atoms. The molecule has 0 aliphatic carbocycles. The Morgan fingerprint density at radius 1 is 1.20 bits per heavy atom. The number of ether oxygens (including phenoxy) is 1. The van der Waals surface area contributed by atoms with E-state index in [0.717, 1.165) is 43.9 Å². The summed E-state index contributed by atoms with van der Waals surface area (Å²) in [5, 5.41) is 3.04. The summed E-state index contributed by atoms with van der Waals surface area (Å²) in [6, 6.07) is 16.1. The summed E-state index contributed by atoms with van der Waals surface area (Å²) in [5.74, 6) is 1.13. The van der Waals surface area contributed by atoms with Crippen LogP contribution in [-0.4, -0.2) is 31.0 Å². The third-order valence-electron chi connectivity index (χ3n) is 4.61. The highest BCUT2D eigenvalue weighted by molar-refractivity contribution is 14.1. The van der Waals surface area contributed by atoms with Crippen LogP contribution in [0.3, 0.4) is 0 Å². The summed E-state index contributed by atoms with van der Waals surface area (Å²) in [4.78, 5) is 14.9. The first-order valence-electron chi connectivity index (χ1n) is 8.56. The molecule has 1 fully saturated rings. The molecule has 2 aromatic carbocycles. The fourth-order valence-corrected chi connectivity index (χ4v) is 3.52. The number of likely N-dealkylation sites (tertiary alicyclic amines) is 1. The van der Waals surface area contributed by atoms with Gasteiger partial charge < -0.3 is 10.1 Å². The van der Waals surface area contributed by atoms with Gasteiger partial charge in [-0.3, -0.25) is 9.69 Å². The van der Waals surface area contributed by atoms with Crippen LogP contribution in [0.1, 0.15) is 18.4 Å². The number of methoxy groups -OCH3 is 1. The van der Waals surface area contributed by atoms with Gasteiger partial charge >= 0.3 is 0 Å². The van der Waals surface area contributed by atoms with Gasteiger partial charge in [0, 0.05) is 21.7 Å². The summed E-state index contributed by atoms with van der Waals surface area (Å²) in [5.41, 5.74) is 2.13. The minimum absolute atomic E-state index is 0.0980. The summed E-state index contributed by atoms with van der Waals surface area (Å²) in [6.07, 6.45) is 1.81. The van der Waals surface area contributed by atoms with Crippen LogP contribution in [0.4, 0.5) is 5.69 Å². The summed E-state index contributed by atoms with van der Waals surface area (Å²) >= 11 is 2.26. The van der Waals surface area contributed by atoms with Crippen LogP contribution in [0.15, 0.2) is 48.5 Å². The zero-order valence-electron chi connectivity index (χ0n) is 14.4. The number of carbonyl (C=O) groups excluding carboxylic acids is 1. The van der Waals surface area contributed by atoms with E-state index in [0.29, 0.717) is 0 Å². The molecule has 2 aromatic rings. The van der Waals surface area contributed by atoms with Gasteiger partial charge in [0.15, 0.2) is 0 Å². The molecule has 3 rings (SSSR count). The van der Waals surface area contributed by atoms with Crippen LogP contribution >= 0.6 is 22.6 Å². The number of hydrogen-bond acceptors (Lipinski definition) is 3. The number of nitrogens with zero attached hydrogens (tertiary/aromatic N) is 1. The molecule has 1 amide bonds. The average Bonchev–Trinajstić information content (AvgIpc) is 2.64. The number of hydrogen-bond donors (Lipinski definition) is 1. The maximum absolute atomic E-state index is 12.5. The number of benzene rings is 2. The summed E-state index contributed by atoms with van der Waals surface area (Å²) in [7, 11) is 1.69. The van der Waals surface area contributed by atoms with Gasteiger partial charge in [-0.1, -0.05) is 12.1 Å². The minimum Gasteiger partial charge on any atom is -0.497 e. The van der Waals surface area contributed by atoms with Gasteiger partial charge in [0.2, 0.25) is 5.91 Å². The van der Waals surface area contributed by atoms with Crippen molar-refractivity contribution in [2.75, 3.05) is 25.5 Å². The molecule has 1 aliphatic heterocycles. The molecule has 1 N–H and O–H groups in total. The number of carbonyl (C=O) groups is 1. The fourth-order valence-electron chi connectivity index (χ4n) is 3.16. The molecule has 5 heteroatoms. The Kier molecular flexibility index (Phi) is 6.31. The van der Waals surface area contributed by atoms with Crippen LogP contribution in [0.2, 0.25) is 0 Å². The van der Waals surface area contributed by atoms with Crippen LogP contribution < -0.4 is 10.1 Å². The monoisotopic (exact) mass is 450 g/mol. The number of piperidine rings is 1. The molecular weight excluding hydrogens is 427 g/mol. The Balaban J connectivity index is 1.49. The highest BCUT2D eigenvalue weighted by Gasteiger charge is 2.25. The van der Waals surface area contributed by atoms with Gasteiger partial charge in [-0.15, -0.1) is 0 Å². The van der Waals surface area contributed by atoms with Gasteiger partial charge in [0.25, 0.3) is 0 Å². The molecular formula is C20H23IN2O2. The van der Waals surface area contributed by atoms with Gasteiger partial charge in [-0.2, -0.15) is 0 Å². The van der Waals surface area contributed by atoms with E-state index in [1.54, 1.807) is 7.11 Å². The van der Waals surface area contributed by atoms with Crippen LogP contribution in [0.5, 0.6) is 5.75 Å². The van der Waals surface area contributed by atoms with Gasteiger partial charge in [-0.25, -0.2) is 0 Å². The normalized spacial score (nSPS) is 15.8. The number of rotatable bonds is 5. The van der Waals surface area contributed by atoms with E-state index in [9.17, 15) is 4.79 Å². The SMILES string of the molecule is COc1cccc(CN2CCC(C(=O)Nc3ccc(I)cc3)CC2)c1. The Hall–Kier alpha value is -1.60. The second-order valence-electron chi connectivity index (χ2n) is 6.40. The van der Waals surface area contributed by atoms with Crippen LogP contribution in [0, 0.1) is 9.49 Å². The van der Waals surface area contributed by atoms with E-state index in [4.69, 9.17) is 4.74 Å². The third-order valence-corrected chi connectivity index (χ3v) is 5.33. The molecule has 0 atom stereocenters. The standard InChI is InChI=1S/C20H23IN2O2/c1-25-19-4-2-3-15(13-19)14-23-11-9-16(10-12-23)20(24)22-18-7-5-17(21)6-8-18/h2-8,13,16H,9-12,14H2,1H3,(H,22,24). The lowest BCUT2D eigenvalue weighted by Gasteiger charge is -2.31. The summed E-state index contributed by atoms with van der Waals surface area (Å²) in [6.45, 7) is 2.80. The molecule has 0 saturated carbocycles. The first-order valence-corrected chi connectivity index (χ1v) is 9.63. The molecule has 25 heavy (non-hydrogen) atoms. The smallest absolute Gasteiger partial charge is 0.227 e. The Morgan fingerprint density at radius 2 is 1.92 bits per heavy atom. The number of nitrogens with one attached hydrogen (secondary N) is 1. The van der Waals surface area contributed by atoms with Crippen molar-refractivity contribution in [2.45, 2.75) is 19.4 Å². The highest BCUT2D eigenvalue weighted by atomic mass is 127. The van der Waals surface area contributed by atoms with E-state index >= 15 is 0 Å². The van der Waals surface area contributed by atoms with Crippen molar-refractivity contribution in [3.8, 4) is 5.75 Å². The van der Waals surface area contributed by atoms with Crippen molar-refractivity contribution in [2.24, 2.45) is 5.92 Å². The maximum Gasteiger partial charge on any atom is 0.227 e. The van der Waals surface area contributed by atoms with E-state index in [-0.39, 0.29) is 11.8 Å². The topological polar surface area (TPSA) is 41.6 Å². The Bertz CT molecular complexity index is 710. The molecule has 0 unspecified atom stereocenters. The lowest BCUT2D eigenvalue weighted by molar-refractivity contribution is -0.121. The predicted molar refractivity (Wildman–Crippen MR) is 109 cm³/mol. The molecule has 1 saturated heterocycles. The largest absolute Gasteiger partial charge is 0.497 e. The first-order chi connectivity index (χ1) is 12.1. The van der Waals surface area contributed by atoms with Crippen molar-refractivity contribution in [1.29, 1.82) is 0 Å². The van der Waals surface area contributed by atoms with Gasteiger partial charge in [0.05, 0.1) is 7.11 Å². The molecule has 0 bridgehead atoms.